The van der Waals surface area contributed by atoms with Crippen molar-refractivity contribution in [2.24, 2.45) is 0 Å². The minimum atomic E-state index is -0.315. The van der Waals surface area contributed by atoms with E-state index in [-0.39, 0.29) is 11.9 Å². The van der Waals surface area contributed by atoms with Crippen LogP contribution in [0.4, 0.5) is 10.5 Å². The average Bonchev–Trinajstić information content (AvgIpc) is 2.61. The van der Waals surface area contributed by atoms with Gasteiger partial charge in [-0.05, 0) is 36.2 Å². The molecular formula is C18H19Cl2N3O2. The van der Waals surface area contributed by atoms with Crippen LogP contribution < -0.4 is 16.0 Å². The number of anilines is 1. The SMILES string of the molecule is CCc1ccccc1NC(=O)NCCNC(=O)c1ccc(Cl)c(Cl)c1. The quantitative estimate of drug-likeness (QED) is 0.660. The van der Waals surface area contributed by atoms with E-state index in [4.69, 9.17) is 23.2 Å². The van der Waals surface area contributed by atoms with E-state index in [2.05, 4.69) is 16.0 Å². The highest BCUT2D eigenvalue weighted by Gasteiger charge is 2.08. The summed E-state index contributed by atoms with van der Waals surface area (Å²) in [5, 5.41) is 8.92. The highest BCUT2D eigenvalue weighted by atomic mass is 35.5. The molecule has 2 aromatic rings. The van der Waals surface area contributed by atoms with E-state index in [1.54, 1.807) is 12.1 Å². The van der Waals surface area contributed by atoms with Crippen molar-refractivity contribution < 1.29 is 9.59 Å². The molecule has 5 nitrogen and oxygen atoms in total. The molecule has 0 fully saturated rings. The summed E-state index contributed by atoms with van der Waals surface area (Å²) in [6.45, 7) is 2.62. The highest BCUT2D eigenvalue weighted by molar-refractivity contribution is 6.42. The molecule has 0 saturated heterocycles. The van der Waals surface area contributed by atoms with Crippen LogP contribution in [-0.4, -0.2) is 25.0 Å². The van der Waals surface area contributed by atoms with Crippen molar-refractivity contribution in [3.8, 4) is 0 Å². The molecule has 3 N–H and O–H groups in total. The van der Waals surface area contributed by atoms with Crippen molar-refractivity contribution in [3.63, 3.8) is 0 Å². The summed E-state index contributed by atoms with van der Waals surface area (Å²) in [4.78, 5) is 23.9. The van der Waals surface area contributed by atoms with Gasteiger partial charge in [-0.2, -0.15) is 0 Å². The number of aryl methyl sites for hydroxylation is 1. The molecule has 2 aromatic carbocycles. The van der Waals surface area contributed by atoms with Crippen molar-refractivity contribution in [2.45, 2.75) is 13.3 Å². The summed E-state index contributed by atoms with van der Waals surface area (Å²) in [6, 6.07) is 12.0. The molecule has 132 valence electrons. The van der Waals surface area contributed by atoms with Gasteiger partial charge >= 0.3 is 6.03 Å². The molecule has 0 spiro atoms. The van der Waals surface area contributed by atoms with Crippen molar-refractivity contribution in [1.29, 1.82) is 0 Å². The lowest BCUT2D eigenvalue weighted by molar-refractivity contribution is 0.0954. The van der Waals surface area contributed by atoms with Gasteiger partial charge < -0.3 is 16.0 Å². The topological polar surface area (TPSA) is 70.2 Å². The first-order valence-corrected chi connectivity index (χ1v) is 8.63. The van der Waals surface area contributed by atoms with E-state index < -0.39 is 0 Å². The monoisotopic (exact) mass is 379 g/mol. The second-order valence-corrected chi connectivity index (χ2v) is 6.09. The Bertz CT molecular complexity index is 766. The Hall–Kier alpha value is -2.24. The fourth-order valence-electron chi connectivity index (χ4n) is 2.21. The molecule has 0 atom stereocenters. The minimum Gasteiger partial charge on any atom is -0.350 e. The van der Waals surface area contributed by atoms with Crippen LogP contribution >= 0.6 is 23.2 Å². The van der Waals surface area contributed by atoms with Gasteiger partial charge in [-0.3, -0.25) is 4.79 Å². The van der Waals surface area contributed by atoms with Crippen LogP contribution in [0, 0.1) is 0 Å². The Balaban J connectivity index is 1.76. The van der Waals surface area contributed by atoms with E-state index >= 15 is 0 Å². The van der Waals surface area contributed by atoms with Crippen LogP contribution in [0.1, 0.15) is 22.8 Å². The number of rotatable bonds is 6. The standard InChI is InChI=1S/C18H19Cl2N3O2/c1-2-12-5-3-4-6-16(12)23-18(25)22-10-9-21-17(24)13-7-8-14(19)15(20)11-13/h3-8,11H,2,9-10H2,1H3,(H,21,24)(H2,22,23,25). The van der Waals surface area contributed by atoms with Crippen LogP contribution in [0.3, 0.4) is 0 Å². The smallest absolute Gasteiger partial charge is 0.319 e. The van der Waals surface area contributed by atoms with Crippen molar-refractivity contribution in [2.75, 3.05) is 18.4 Å². The zero-order valence-corrected chi connectivity index (χ0v) is 15.2. The fraction of sp³-hybridized carbons (Fsp3) is 0.222. The van der Waals surface area contributed by atoms with Gasteiger partial charge in [0, 0.05) is 24.3 Å². The zero-order valence-electron chi connectivity index (χ0n) is 13.7. The van der Waals surface area contributed by atoms with E-state index in [9.17, 15) is 9.59 Å². The van der Waals surface area contributed by atoms with Crippen molar-refractivity contribution >= 4 is 40.8 Å². The molecule has 3 amide bonds. The molecule has 0 bridgehead atoms. The molecule has 0 aliphatic carbocycles. The lowest BCUT2D eigenvalue weighted by Gasteiger charge is -2.11. The maximum absolute atomic E-state index is 12.0. The Morgan fingerprint density at radius 3 is 2.40 bits per heavy atom. The number of carbonyl (C=O) groups excluding carboxylic acids is 2. The van der Waals surface area contributed by atoms with Crippen LogP contribution in [-0.2, 0) is 6.42 Å². The number of hydrogen-bond acceptors (Lipinski definition) is 2. The average molecular weight is 380 g/mol. The first-order valence-electron chi connectivity index (χ1n) is 7.87. The number of nitrogens with one attached hydrogen (secondary N) is 3. The summed E-state index contributed by atoms with van der Waals surface area (Å²) >= 11 is 11.7. The van der Waals surface area contributed by atoms with Gasteiger partial charge in [0.25, 0.3) is 5.91 Å². The third-order valence-electron chi connectivity index (χ3n) is 3.52. The second-order valence-electron chi connectivity index (χ2n) is 5.28. The van der Waals surface area contributed by atoms with E-state index in [1.165, 1.54) is 6.07 Å². The molecule has 0 saturated carbocycles. The van der Waals surface area contributed by atoms with Crippen LogP contribution in [0.15, 0.2) is 42.5 Å². The van der Waals surface area contributed by atoms with Gasteiger partial charge in [-0.1, -0.05) is 48.3 Å². The number of urea groups is 1. The van der Waals surface area contributed by atoms with Crippen LogP contribution in [0.25, 0.3) is 0 Å². The fourth-order valence-corrected chi connectivity index (χ4v) is 2.51. The summed E-state index contributed by atoms with van der Waals surface area (Å²) in [5.41, 5.74) is 2.25. The number of carbonyl (C=O) groups is 2. The van der Waals surface area contributed by atoms with E-state index in [0.717, 1.165) is 17.7 Å². The first kappa shape index (κ1) is 19.1. The molecule has 0 aliphatic rings. The van der Waals surface area contributed by atoms with Gasteiger partial charge in [0.15, 0.2) is 0 Å². The highest BCUT2D eigenvalue weighted by Crippen LogP contribution is 2.22. The van der Waals surface area contributed by atoms with Gasteiger partial charge in [-0.25, -0.2) is 4.79 Å². The molecular weight excluding hydrogens is 361 g/mol. The first-order chi connectivity index (χ1) is 12.0. The predicted molar refractivity (Wildman–Crippen MR) is 102 cm³/mol. The Kier molecular flexibility index (Phi) is 7.10. The maximum Gasteiger partial charge on any atom is 0.319 e. The summed E-state index contributed by atoms with van der Waals surface area (Å²) in [6.07, 6.45) is 0.830. The lowest BCUT2D eigenvalue weighted by Crippen LogP contribution is -2.36. The van der Waals surface area contributed by atoms with E-state index in [0.29, 0.717) is 28.7 Å². The predicted octanol–water partition coefficient (Wildman–Crippen LogP) is 4.11. The molecule has 0 unspecified atom stereocenters. The number of amides is 3. The largest absolute Gasteiger partial charge is 0.350 e. The Morgan fingerprint density at radius 1 is 0.960 bits per heavy atom. The lowest BCUT2D eigenvalue weighted by atomic mass is 10.1. The minimum absolute atomic E-state index is 0.280. The Morgan fingerprint density at radius 2 is 1.68 bits per heavy atom. The zero-order chi connectivity index (χ0) is 18.2. The maximum atomic E-state index is 12.0. The molecule has 0 heterocycles. The summed E-state index contributed by atoms with van der Waals surface area (Å²) < 4.78 is 0. The van der Waals surface area contributed by atoms with E-state index in [1.807, 2.05) is 31.2 Å². The van der Waals surface area contributed by atoms with Gasteiger partial charge in [0.1, 0.15) is 0 Å². The molecule has 0 aromatic heterocycles. The third-order valence-corrected chi connectivity index (χ3v) is 4.26. The van der Waals surface area contributed by atoms with Gasteiger partial charge in [0.05, 0.1) is 10.0 Å². The number of benzene rings is 2. The van der Waals surface area contributed by atoms with Crippen LogP contribution in [0.5, 0.6) is 0 Å². The molecule has 7 heteroatoms. The third kappa shape index (κ3) is 5.66. The normalized spacial score (nSPS) is 10.2. The molecule has 2 rings (SSSR count). The number of para-hydroxylation sites is 1. The summed E-state index contributed by atoms with van der Waals surface area (Å²) in [7, 11) is 0. The Labute approximate surface area is 156 Å². The molecule has 0 radical (unpaired) electrons. The number of hydrogen-bond donors (Lipinski definition) is 3. The van der Waals surface area contributed by atoms with Gasteiger partial charge in [-0.15, -0.1) is 0 Å². The summed E-state index contributed by atoms with van der Waals surface area (Å²) in [5.74, 6) is -0.280. The number of halogens is 2. The van der Waals surface area contributed by atoms with Crippen molar-refractivity contribution in [3.05, 3.63) is 63.6 Å². The molecule has 25 heavy (non-hydrogen) atoms. The van der Waals surface area contributed by atoms with Gasteiger partial charge in [0.2, 0.25) is 0 Å². The molecule has 0 aliphatic heterocycles. The second kappa shape index (κ2) is 9.30. The van der Waals surface area contributed by atoms with Crippen LogP contribution in [0.2, 0.25) is 10.0 Å². The van der Waals surface area contributed by atoms with Crippen molar-refractivity contribution in [1.82, 2.24) is 10.6 Å².